The van der Waals surface area contributed by atoms with Crippen molar-refractivity contribution < 1.29 is 19.1 Å². The van der Waals surface area contributed by atoms with Crippen LogP contribution in [0.3, 0.4) is 0 Å². The van der Waals surface area contributed by atoms with Gasteiger partial charge >= 0.3 is 6.09 Å². The number of aryl methyl sites for hydroxylation is 1. The number of carbonyl (C=O) groups is 3. The summed E-state index contributed by atoms with van der Waals surface area (Å²) in [5, 5.41) is 5.67. The Morgan fingerprint density at radius 2 is 1.49 bits per heavy atom. The molecule has 202 valence electrons. The van der Waals surface area contributed by atoms with Gasteiger partial charge in [0.1, 0.15) is 17.7 Å². The van der Waals surface area contributed by atoms with Gasteiger partial charge in [-0.25, -0.2) is 4.79 Å². The third-order valence-corrected chi connectivity index (χ3v) is 6.38. The first-order valence-corrected chi connectivity index (χ1v) is 13.0. The van der Waals surface area contributed by atoms with Crippen LogP contribution in [-0.4, -0.2) is 40.0 Å². The summed E-state index contributed by atoms with van der Waals surface area (Å²) in [6, 6.07) is 15.6. The summed E-state index contributed by atoms with van der Waals surface area (Å²) >= 11 is 0. The molecule has 0 radical (unpaired) electrons. The van der Waals surface area contributed by atoms with Crippen LogP contribution in [0.1, 0.15) is 84.5 Å². The predicted molar refractivity (Wildman–Crippen MR) is 147 cm³/mol. The van der Waals surface area contributed by atoms with Gasteiger partial charge in [0.05, 0.1) is 0 Å². The van der Waals surface area contributed by atoms with E-state index in [-0.39, 0.29) is 11.8 Å². The lowest BCUT2D eigenvalue weighted by atomic mass is 9.91. The standard InChI is InChI=1S/C30H43N3O4/c1-9-22-16-18-24(19-17-22)25(26(34)31-20-23-14-12-11-13-15-23)33(30(7,8)10-2)27(35)21(3)32-28(36)37-29(4,5)6/h11-19,21,25H,9-10,20H2,1-8H3,(H,31,34)(H,32,36). The van der Waals surface area contributed by atoms with Crippen LogP contribution < -0.4 is 10.6 Å². The van der Waals surface area contributed by atoms with E-state index in [0.717, 1.165) is 17.5 Å². The topological polar surface area (TPSA) is 87.7 Å². The first-order valence-electron chi connectivity index (χ1n) is 13.0. The van der Waals surface area contributed by atoms with Gasteiger partial charge in [-0.15, -0.1) is 0 Å². The lowest BCUT2D eigenvalue weighted by Gasteiger charge is -2.44. The molecule has 0 aromatic heterocycles. The number of nitrogens with one attached hydrogen (secondary N) is 2. The number of ether oxygens (including phenoxy) is 1. The molecule has 7 heteroatoms. The molecule has 2 atom stereocenters. The van der Waals surface area contributed by atoms with Crippen molar-refractivity contribution in [2.45, 2.75) is 98.0 Å². The van der Waals surface area contributed by atoms with Crippen LogP contribution in [0.4, 0.5) is 4.79 Å². The third kappa shape index (κ3) is 8.62. The van der Waals surface area contributed by atoms with E-state index < -0.39 is 29.3 Å². The summed E-state index contributed by atoms with van der Waals surface area (Å²) in [7, 11) is 0. The zero-order valence-electron chi connectivity index (χ0n) is 23.6. The minimum absolute atomic E-state index is 0.285. The molecular weight excluding hydrogens is 466 g/mol. The highest BCUT2D eigenvalue weighted by Gasteiger charge is 2.42. The van der Waals surface area contributed by atoms with E-state index in [4.69, 9.17) is 4.74 Å². The van der Waals surface area contributed by atoms with Crippen molar-refractivity contribution in [3.63, 3.8) is 0 Å². The molecule has 0 aliphatic carbocycles. The van der Waals surface area contributed by atoms with Crippen LogP contribution in [0.25, 0.3) is 0 Å². The highest BCUT2D eigenvalue weighted by atomic mass is 16.6. The maximum atomic E-state index is 13.9. The van der Waals surface area contributed by atoms with Gasteiger partial charge in [-0.2, -0.15) is 0 Å². The van der Waals surface area contributed by atoms with Crippen molar-refractivity contribution in [2.24, 2.45) is 0 Å². The van der Waals surface area contributed by atoms with Crippen molar-refractivity contribution >= 4 is 17.9 Å². The van der Waals surface area contributed by atoms with E-state index in [2.05, 4.69) is 17.6 Å². The van der Waals surface area contributed by atoms with E-state index in [0.29, 0.717) is 18.5 Å². The molecule has 37 heavy (non-hydrogen) atoms. The fourth-order valence-corrected chi connectivity index (χ4v) is 3.94. The van der Waals surface area contributed by atoms with Crippen LogP contribution in [0.5, 0.6) is 0 Å². The average Bonchev–Trinajstić information content (AvgIpc) is 2.84. The van der Waals surface area contributed by atoms with Gasteiger partial charge in [-0.3, -0.25) is 9.59 Å². The van der Waals surface area contributed by atoms with E-state index in [1.807, 2.05) is 75.4 Å². The first-order chi connectivity index (χ1) is 17.3. The molecule has 0 spiro atoms. The molecule has 2 aromatic carbocycles. The van der Waals surface area contributed by atoms with Crippen LogP contribution in [0.2, 0.25) is 0 Å². The summed E-state index contributed by atoms with van der Waals surface area (Å²) in [6.45, 7) is 15.2. The molecule has 0 saturated carbocycles. The lowest BCUT2D eigenvalue weighted by molar-refractivity contribution is -0.149. The number of hydrogen-bond acceptors (Lipinski definition) is 4. The summed E-state index contributed by atoms with van der Waals surface area (Å²) in [5.41, 5.74) is 1.43. The molecule has 0 heterocycles. The Morgan fingerprint density at radius 1 is 0.892 bits per heavy atom. The summed E-state index contributed by atoms with van der Waals surface area (Å²) in [6.07, 6.45) is 0.790. The second-order valence-corrected chi connectivity index (χ2v) is 10.9. The molecular formula is C30H43N3O4. The molecule has 0 bridgehead atoms. The Kier molecular flexibility index (Phi) is 10.3. The van der Waals surface area contributed by atoms with Gasteiger partial charge in [-0.05, 0) is 71.1 Å². The Labute approximate surface area is 222 Å². The van der Waals surface area contributed by atoms with Crippen molar-refractivity contribution in [3.05, 3.63) is 71.3 Å². The van der Waals surface area contributed by atoms with E-state index >= 15 is 0 Å². The van der Waals surface area contributed by atoms with Gasteiger partial charge in [-0.1, -0.05) is 68.4 Å². The average molecular weight is 510 g/mol. The summed E-state index contributed by atoms with van der Waals surface area (Å²) in [5.74, 6) is -0.649. The molecule has 2 N–H and O–H groups in total. The molecule has 0 aliphatic rings. The smallest absolute Gasteiger partial charge is 0.408 e. The van der Waals surface area contributed by atoms with Crippen molar-refractivity contribution in [3.8, 4) is 0 Å². The predicted octanol–water partition coefficient (Wildman–Crippen LogP) is 5.54. The number of nitrogens with zero attached hydrogens (tertiary/aromatic N) is 1. The highest BCUT2D eigenvalue weighted by molar-refractivity contribution is 5.92. The van der Waals surface area contributed by atoms with E-state index in [1.165, 1.54) is 0 Å². The maximum Gasteiger partial charge on any atom is 0.408 e. The lowest BCUT2D eigenvalue weighted by Crippen LogP contribution is -2.58. The molecule has 2 aromatic rings. The van der Waals surface area contributed by atoms with Crippen molar-refractivity contribution in [1.29, 1.82) is 0 Å². The minimum Gasteiger partial charge on any atom is -0.444 e. The van der Waals surface area contributed by atoms with Crippen LogP contribution in [0, 0.1) is 0 Å². The Bertz CT molecular complexity index is 1040. The SMILES string of the molecule is CCc1ccc(C(C(=O)NCc2ccccc2)N(C(=O)C(C)NC(=O)OC(C)(C)C)C(C)(C)CC)cc1. The Morgan fingerprint density at radius 3 is 2.00 bits per heavy atom. The van der Waals surface area contributed by atoms with Gasteiger partial charge in [0, 0.05) is 12.1 Å². The number of alkyl carbamates (subject to hydrolysis) is 1. The fraction of sp³-hybridized carbons (Fsp3) is 0.500. The van der Waals surface area contributed by atoms with Crippen molar-refractivity contribution in [1.82, 2.24) is 15.5 Å². The van der Waals surface area contributed by atoms with Crippen molar-refractivity contribution in [2.75, 3.05) is 0 Å². The number of hydrogen-bond donors (Lipinski definition) is 2. The van der Waals surface area contributed by atoms with Gasteiger partial charge in [0.15, 0.2) is 0 Å². The summed E-state index contributed by atoms with van der Waals surface area (Å²) < 4.78 is 5.36. The van der Waals surface area contributed by atoms with E-state index in [1.54, 1.807) is 32.6 Å². The summed E-state index contributed by atoms with van der Waals surface area (Å²) in [4.78, 5) is 41.8. The fourth-order valence-electron chi connectivity index (χ4n) is 3.94. The molecule has 0 aliphatic heterocycles. The quantitative estimate of drug-likeness (QED) is 0.440. The second-order valence-electron chi connectivity index (χ2n) is 10.9. The maximum absolute atomic E-state index is 13.9. The van der Waals surface area contributed by atoms with E-state index in [9.17, 15) is 14.4 Å². The minimum atomic E-state index is -0.903. The normalized spacial score (nSPS) is 13.3. The largest absolute Gasteiger partial charge is 0.444 e. The second kappa shape index (κ2) is 12.7. The molecule has 0 fully saturated rings. The zero-order chi connectivity index (χ0) is 27.8. The monoisotopic (exact) mass is 509 g/mol. The number of benzene rings is 2. The molecule has 2 unspecified atom stereocenters. The molecule has 3 amide bonds. The first kappa shape index (κ1) is 29.9. The Balaban J connectivity index is 2.46. The zero-order valence-corrected chi connectivity index (χ0v) is 23.6. The Hall–Kier alpha value is -3.35. The van der Waals surface area contributed by atoms with Gasteiger partial charge in [0.2, 0.25) is 11.8 Å². The number of amides is 3. The number of carbonyl (C=O) groups excluding carboxylic acids is 3. The molecule has 0 saturated heterocycles. The van der Waals surface area contributed by atoms with Crippen LogP contribution >= 0.6 is 0 Å². The van der Waals surface area contributed by atoms with Gasteiger partial charge < -0.3 is 20.3 Å². The molecule has 2 rings (SSSR count). The number of rotatable bonds is 10. The van der Waals surface area contributed by atoms with Crippen LogP contribution in [0.15, 0.2) is 54.6 Å². The van der Waals surface area contributed by atoms with Gasteiger partial charge in [0.25, 0.3) is 0 Å². The highest BCUT2D eigenvalue weighted by Crippen LogP contribution is 2.32. The van der Waals surface area contributed by atoms with Crippen LogP contribution in [-0.2, 0) is 27.3 Å². The molecule has 7 nitrogen and oxygen atoms in total. The third-order valence-electron chi connectivity index (χ3n) is 6.38.